The van der Waals surface area contributed by atoms with Crippen LogP contribution in [0.2, 0.25) is 0 Å². The van der Waals surface area contributed by atoms with Crippen LogP contribution in [-0.2, 0) is 0 Å². The molecule has 0 radical (unpaired) electrons. The summed E-state index contributed by atoms with van der Waals surface area (Å²) in [5.41, 5.74) is 1.31. The average Bonchev–Trinajstić information content (AvgIpc) is 2.61. The van der Waals surface area contributed by atoms with Gasteiger partial charge >= 0.3 is 0 Å². The van der Waals surface area contributed by atoms with Crippen molar-refractivity contribution in [3.63, 3.8) is 0 Å². The summed E-state index contributed by atoms with van der Waals surface area (Å²) < 4.78 is 6.04. The van der Waals surface area contributed by atoms with Gasteiger partial charge in [0.05, 0.1) is 10.8 Å². The van der Waals surface area contributed by atoms with E-state index in [1.165, 1.54) is 0 Å². The lowest BCUT2D eigenvalue weighted by atomic mass is 10.0. The molecular formula is C21H12O2. The maximum Gasteiger partial charge on any atom is 0.201 e. The Hall–Kier alpha value is -3.13. The Labute approximate surface area is 131 Å². The van der Waals surface area contributed by atoms with Gasteiger partial charge < -0.3 is 4.42 Å². The molecule has 108 valence electrons. The van der Waals surface area contributed by atoms with Crippen LogP contribution in [-0.4, -0.2) is 0 Å². The first kappa shape index (κ1) is 12.4. The van der Waals surface area contributed by atoms with E-state index in [-0.39, 0.29) is 5.43 Å². The van der Waals surface area contributed by atoms with Crippen molar-refractivity contribution < 1.29 is 4.42 Å². The highest BCUT2D eigenvalue weighted by atomic mass is 16.3. The molecule has 0 aliphatic carbocycles. The van der Waals surface area contributed by atoms with Gasteiger partial charge in [-0.25, -0.2) is 0 Å². The second-order valence-corrected chi connectivity index (χ2v) is 5.75. The van der Waals surface area contributed by atoms with Gasteiger partial charge in [-0.1, -0.05) is 60.7 Å². The first-order valence-corrected chi connectivity index (χ1v) is 7.59. The minimum atomic E-state index is 0.0369. The number of hydrogen-bond donors (Lipinski definition) is 0. The Balaban J connectivity index is 2.14. The number of benzene rings is 4. The lowest BCUT2D eigenvalue weighted by Gasteiger charge is -2.07. The molecule has 1 heterocycles. The highest BCUT2D eigenvalue weighted by Crippen LogP contribution is 2.29. The van der Waals surface area contributed by atoms with Crippen LogP contribution in [0.3, 0.4) is 0 Å². The monoisotopic (exact) mass is 296 g/mol. The predicted octanol–water partition coefficient (Wildman–Crippen LogP) is 5.25. The zero-order chi connectivity index (χ0) is 15.4. The molecule has 0 spiro atoms. The van der Waals surface area contributed by atoms with Crippen LogP contribution in [0.4, 0.5) is 0 Å². The van der Waals surface area contributed by atoms with Gasteiger partial charge in [-0.3, -0.25) is 4.79 Å². The maximum absolute atomic E-state index is 13.3. The van der Waals surface area contributed by atoms with E-state index in [9.17, 15) is 4.79 Å². The Morgan fingerprint density at radius 3 is 1.57 bits per heavy atom. The van der Waals surface area contributed by atoms with Crippen molar-refractivity contribution >= 4 is 43.5 Å². The summed E-state index contributed by atoms with van der Waals surface area (Å²) in [4.78, 5) is 13.3. The third kappa shape index (κ3) is 1.66. The smallest absolute Gasteiger partial charge is 0.201 e. The molecule has 0 aliphatic rings. The van der Waals surface area contributed by atoms with E-state index in [1.54, 1.807) is 0 Å². The van der Waals surface area contributed by atoms with E-state index in [4.69, 9.17) is 4.42 Å². The molecule has 5 aromatic rings. The minimum absolute atomic E-state index is 0.0369. The standard InChI is InChI=1S/C21H12O2/c22-21-19-15-7-3-1-5-13(15)9-11-17(19)23-18-12-10-14-6-2-4-8-16(14)20(18)21/h1-12H. The van der Waals surface area contributed by atoms with Crippen LogP contribution in [0.1, 0.15) is 0 Å². The average molecular weight is 296 g/mol. The molecule has 0 N–H and O–H groups in total. The van der Waals surface area contributed by atoms with Crippen molar-refractivity contribution in [3.05, 3.63) is 83.0 Å². The van der Waals surface area contributed by atoms with E-state index < -0.39 is 0 Å². The number of fused-ring (bicyclic) bond motifs is 6. The fourth-order valence-electron chi connectivity index (χ4n) is 3.39. The van der Waals surface area contributed by atoms with Crippen LogP contribution in [0.15, 0.2) is 82.0 Å². The van der Waals surface area contributed by atoms with Crippen LogP contribution < -0.4 is 5.43 Å². The van der Waals surface area contributed by atoms with Crippen LogP contribution >= 0.6 is 0 Å². The van der Waals surface area contributed by atoms with Crippen molar-refractivity contribution in [3.8, 4) is 0 Å². The Bertz CT molecular complexity index is 1180. The van der Waals surface area contributed by atoms with E-state index in [2.05, 4.69) is 0 Å². The van der Waals surface area contributed by atoms with Crippen molar-refractivity contribution in [2.45, 2.75) is 0 Å². The third-order valence-corrected chi connectivity index (χ3v) is 4.46. The van der Waals surface area contributed by atoms with Gasteiger partial charge in [-0.2, -0.15) is 0 Å². The number of hydrogen-bond acceptors (Lipinski definition) is 2. The fourth-order valence-corrected chi connectivity index (χ4v) is 3.39. The summed E-state index contributed by atoms with van der Waals surface area (Å²) in [6.07, 6.45) is 0. The molecule has 0 atom stereocenters. The van der Waals surface area contributed by atoms with Gasteiger partial charge in [0.25, 0.3) is 0 Å². The summed E-state index contributed by atoms with van der Waals surface area (Å²) in [6.45, 7) is 0. The van der Waals surface area contributed by atoms with Gasteiger partial charge in [0.15, 0.2) is 0 Å². The number of rotatable bonds is 0. The van der Waals surface area contributed by atoms with Crippen molar-refractivity contribution in [1.29, 1.82) is 0 Å². The highest BCUT2D eigenvalue weighted by molar-refractivity contribution is 6.13. The molecule has 5 rings (SSSR count). The van der Waals surface area contributed by atoms with Crippen LogP contribution in [0.5, 0.6) is 0 Å². The van der Waals surface area contributed by atoms with Gasteiger partial charge in [-0.15, -0.1) is 0 Å². The molecular weight excluding hydrogens is 284 g/mol. The summed E-state index contributed by atoms with van der Waals surface area (Å²) in [5, 5.41) is 5.29. The SMILES string of the molecule is O=c1c2c(ccc3ccccc32)oc2ccc3ccccc3c12. The van der Waals surface area contributed by atoms with Crippen molar-refractivity contribution in [2.24, 2.45) is 0 Å². The van der Waals surface area contributed by atoms with Crippen LogP contribution in [0.25, 0.3) is 43.5 Å². The Kier molecular flexibility index (Phi) is 2.39. The van der Waals surface area contributed by atoms with Crippen molar-refractivity contribution in [1.82, 2.24) is 0 Å². The molecule has 2 nitrogen and oxygen atoms in total. The molecule has 4 aromatic carbocycles. The zero-order valence-electron chi connectivity index (χ0n) is 12.2. The van der Waals surface area contributed by atoms with Gasteiger partial charge in [0.1, 0.15) is 11.2 Å². The summed E-state index contributed by atoms with van der Waals surface area (Å²) in [6, 6.07) is 23.6. The van der Waals surface area contributed by atoms with Gasteiger partial charge in [0.2, 0.25) is 5.43 Å². The molecule has 0 fully saturated rings. The molecule has 0 saturated carbocycles. The lowest BCUT2D eigenvalue weighted by Crippen LogP contribution is -2.03. The first-order chi connectivity index (χ1) is 11.3. The fraction of sp³-hybridized carbons (Fsp3) is 0. The molecule has 0 aliphatic heterocycles. The summed E-state index contributed by atoms with van der Waals surface area (Å²) >= 11 is 0. The minimum Gasteiger partial charge on any atom is -0.456 e. The Morgan fingerprint density at radius 2 is 1.04 bits per heavy atom. The van der Waals surface area contributed by atoms with Crippen molar-refractivity contribution in [2.75, 3.05) is 0 Å². The van der Waals surface area contributed by atoms with Gasteiger partial charge in [0, 0.05) is 0 Å². The second-order valence-electron chi connectivity index (χ2n) is 5.75. The lowest BCUT2D eigenvalue weighted by molar-refractivity contribution is 0.661. The molecule has 0 unspecified atom stereocenters. The molecule has 0 bridgehead atoms. The highest BCUT2D eigenvalue weighted by Gasteiger charge is 2.12. The topological polar surface area (TPSA) is 30.2 Å². The maximum atomic E-state index is 13.3. The van der Waals surface area contributed by atoms with E-state index in [0.717, 1.165) is 21.5 Å². The first-order valence-electron chi connectivity index (χ1n) is 7.59. The second kappa shape index (κ2) is 4.43. The zero-order valence-corrected chi connectivity index (χ0v) is 12.2. The van der Waals surface area contributed by atoms with Gasteiger partial charge in [-0.05, 0) is 33.7 Å². The normalized spacial score (nSPS) is 11.7. The van der Waals surface area contributed by atoms with E-state index >= 15 is 0 Å². The molecule has 23 heavy (non-hydrogen) atoms. The largest absolute Gasteiger partial charge is 0.456 e. The molecule has 0 amide bonds. The molecule has 2 heteroatoms. The third-order valence-electron chi connectivity index (χ3n) is 4.46. The van der Waals surface area contributed by atoms with Crippen LogP contribution in [0, 0.1) is 0 Å². The van der Waals surface area contributed by atoms with E-state index in [1.807, 2.05) is 72.8 Å². The molecule has 1 aromatic heterocycles. The predicted molar refractivity (Wildman–Crippen MR) is 95.0 cm³/mol. The molecule has 0 saturated heterocycles. The Morgan fingerprint density at radius 1 is 0.565 bits per heavy atom. The quantitative estimate of drug-likeness (QED) is 0.288. The van der Waals surface area contributed by atoms with E-state index in [0.29, 0.717) is 21.9 Å². The summed E-state index contributed by atoms with van der Waals surface area (Å²) in [5.74, 6) is 0. The summed E-state index contributed by atoms with van der Waals surface area (Å²) in [7, 11) is 0.